The second kappa shape index (κ2) is 18.3. The van der Waals surface area contributed by atoms with E-state index in [1.165, 1.54) is 21.5 Å². The predicted octanol–water partition coefficient (Wildman–Crippen LogP) is 17.8. The third-order valence-corrected chi connectivity index (χ3v) is 15.5. The van der Waals surface area contributed by atoms with Crippen molar-refractivity contribution in [2.75, 3.05) is 0 Å². The third-order valence-electron chi connectivity index (χ3n) is 15.5. The average molecular weight is 1010 g/mol. The summed E-state index contributed by atoms with van der Waals surface area (Å²) in [6.07, 6.45) is 0. The van der Waals surface area contributed by atoms with Gasteiger partial charge in [0.25, 0.3) is 0 Å². The Hall–Kier alpha value is -11.1. The number of aromatic nitrogens is 5. The Labute approximate surface area is 454 Å². The molecule has 0 aliphatic rings. The Morgan fingerprint density at radius 1 is 0.266 bits per heavy atom. The first-order valence-corrected chi connectivity index (χ1v) is 26.3. The first-order valence-electron chi connectivity index (χ1n) is 26.3. The summed E-state index contributed by atoms with van der Waals surface area (Å²) in [6, 6.07) is 95.4. The van der Waals surface area contributed by atoms with E-state index >= 15 is 0 Å². The van der Waals surface area contributed by atoms with E-state index in [1.54, 1.807) is 0 Å². The molecular formula is C72H43N7. The second-order valence-electron chi connectivity index (χ2n) is 20.0. The summed E-state index contributed by atoms with van der Waals surface area (Å²) in [6.45, 7) is 0. The predicted molar refractivity (Wildman–Crippen MR) is 322 cm³/mol. The van der Waals surface area contributed by atoms with Crippen molar-refractivity contribution < 1.29 is 0 Å². The maximum Gasteiger partial charge on any atom is 0.160 e. The van der Waals surface area contributed by atoms with E-state index < -0.39 is 0 Å². The van der Waals surface area contributed by atoms with Crippen LogP contribution in [-0.2, 0) is 0 Å². The fourth-order valence-corrected chi connectivity index (χ4v) is 11.9. The summed E-state index contributed by atoms with van der Waals surface area (Å²) >= 11 is 0. The van der Waals surface area contributed by atoms with Gasteiger partial charge in [-0.15, -0.1) is 0 Å². The van der Waals surface area contributed by atoms with Crippen molar-refractivity contribution in [3.05, 3.63) is 272 Å². The molecule has 4 aromatic heterocycles. The van der Waals surface area contributed by atoms with Gasteiger partial charge in [0, 0.05) is 71.6 Å². The largest absolute Gasteiger partial charge is 0.309 e. The molecule has 0 N–H and O–H groups in total. The number of nitrogens with zero attached hydrogens (tertiary/aromatic N) is 7. The van der Waals surface area contributed by atoms with Gasteiger partial charge in [-0.25, -0.2) is 9.97 Å². The number of nitriles is 2. The molecular weight excluding hydrogens is 963 g/mol. The number of para-hydroxylation sites is 4. The van der Waals surface area contributed by atoms with Gasteiger partial charge in [0.2, 0.25) is 0 Å². The van der Waals surface area contributed by atoms with Crippen LogP contribution in [0.15, 0.2) is 261 Å². The molecule has 79 heavy (non-hydrogen) atoms. The average Bonchev–Trinajstić information content (AvgIpc) is 4.37. The lowest BCUT2D eigenvalue weighted by molar-refractivity contribution is 1.16. The number of hydrogen-bond donors (Lipinski definition) is 0. The van der Waals surface area contributed by atoms with Crippen LogP contribution in [-0.4, -0.2) is 23.7 Å². The van der Waals surface area contributed by atoms with Crippen molar-refractivity contribution in [1.82, 2.24) is 23.7 Å². The van der Waals surface area contributed by atoms with E-state index in [-0.39, 0.29) is 0 Å². The van der Waals surface area contributed by atoms with Gasteiger partial charge in [-0.1, -0.05) is 182 Å². The fourth-order valence-electron chi connectivity index (χ4n) is 11.9. The maximum absolute atomic E-state index is 11.0. The van der Waals surface area contributed by atoms with Crippen molar-refractivity contribution in [3.63, 3.8) is 0 Å². The van der Waals surface area contributed by atoms with Crippen molar-refractivity contribution in [2.45, 2.75) is 0 Å². The zero-order valence-electron chi connectivity index (χ0n) is 42.5. The van der Waals surface area contributed by atoms with Crippen molar-refractivity contribution >= 4 is 65.4 Å². The molecule has 0 fully saturated rings. The van der Waals surface area contributed by atoms with E-state index in [0.717, 1.165) is 106 Å². The van der Waals surface area contributed by atoms with Crippen LogP contribution in [0.5, 0.6) is 0 Å². The van der Waals surface area contributed by atoms with Gasteiger partial charge in [-0.3, -0.25) is 0 Å². The lowest BCUT2D eigenvalue weighted by Gasteiger charge is -2.14. The highest BCUT2D eigenvalue weighted by molar-refractivity contribution is 6.14. The van der Waals surface area contributed by atoms with Crippen LogP contribution < -0.4 is 0 Å². The number of benzene rings is 11. The highest BCUT2D eigenvalue weighted by Gasteiger charge is 2.22. The smallest absolute Gasteiger partial charge is 0.160 e. The summed E-state index contributed by atoms with van der Waals surface area (Å²) in [5, 5.41) is 28.9. The summed E-state index contributed by atoms with van der Waals surface area (Å²) in [7, 11) is 0. The Morgan fingerprint density at radius 3 is 1.04 bits per heavy atom. The van der Waals surface area contributed by atoms with Crippen LogP contribution in [0.1, 0.15) is 11.1 Å². The van der Waals surface area contributed by atoms with E-state index in [1.807, 2.05) is 78.9 Å². The van der Waals surface area contributed by atoms with Gasteiger partial charge in [-0.2, -0.15) is 10.5 Å². The summed E-state index contributed by atoms with van der Waals surface area (Å²) < 4.78 is 6.91. The topological polar surface area (TPSA) is 88.1 Å². The molecule has 0 saturated heterocycles. The molecule has 0 aliphatic heterocycles. The lowest BCUT2D eigenvalue weighted by atomic mass is 9.92. The van der Waals surface area contributed by atoms with Crippen LogP contribution in [0.25, 0.3) is 139 Å². The van der Waals surface area contributed by atoms with E-state index in [2.05, 4.69) is 208 Å². The normalized spacial score (nSPS) is 11.5. The molecule has 0 bridgehead atoms. The first kappa shape index (κ1) is 45.3. The lowest BCUT2D eigenvalue weighted by Crippen LogP contribution is -2.00. The van der Waals surface area contributed by atoms with Crippen molar-refractivity contribution in [1.29, 1.82) is 10.5 Å². The molecule has 15 rings (SSSR count). The molecule has 11 aromatic carbocycles. The van der Waals surface area contributed by atoms with Gasteiger partial charge >= 0.3 is 0 Å². The first-order chi connectivity index (χ1) is 39.1. The van der Waals surface area contributed by atoms with Gasteiger partial charge in [-0.05, 0) is 95.6 Å². The minimum absolute atomic E-state index is 0.416. The number of hydrogen-bond acceptors (Lipinski definition) is 4. The molecule has 0 aliphatic carbocycles. The fraction of sp³-hybridized carbons (Fsp3) is 0. The minimum Gasteiger partial charge on any atom is -0.309 e. The zero-order chi connectivity index (χ0) is 52.6. The molecule has 0 amide bonds. The van der Waals surface area contributed by atoms with Crippen molar-refractivity contribution in [2.24, 2.45) is 0 Å². The molecule has 7 nitrogen and oxygen atoms in total. The SMILES string of the molecule is N#Cc1cc(-n2c3ccc(-n4c5ccccc5c5ccccc54)cc3c3cc(-n4c5ccccc5c5ccccc54)ccc32)cc(C#N)c1-c1ccc(-c2ccc(-c3cc(-c4ccccc4)nc(-c4ccccc4)n3)cc2)cc1. The number of rotatable bonds is 8. The molecule has 4 heterocycles. The van der Waals surface area contributed by atoms with Gasteiger partial charge in [0.15, 0.2) is 5.82 Å². The Bertz CT molecular complexity index is 4640. The van der Waals surface area contributed by atoms with E-state index in [0.29, 0.717) is 22.5 Å². The Morgan fingerprint density at radius 2 is 0.608 bits per heavy atom. The summed E-state index contributed by atoms with van der Waals surface area (Å²) in [5.41, 5.74) is 18.2. The monoisotopic (exact) mass is 1010 g/mol. The molecule has 0 saturated carbocycles. The van der Waals surface area contributed by atoms with E-state index in [4.69, 9.17) is 9.97 Å². The summed E-state index contributed by atoms with van der Waals surface area (Å²) in [4.78, 5) is 9.99. The number of fused-ring (bicyclic) bond motifs is 9. The molecule has 7 heteroatoms. The molecule has 0 spiro atoms. The van der Waals surface area contributed by atoms with Gasteiger partial charge < -0.3 is 13.7 Å². The van der Waals surface area contributed by atoms with E-state index in [9.17, 15) is 10.5 Å². The highest BCUT2D eigenvalue weighted by atomic mass is 15.0. The second-order valence-corrected chi connectivity index (χ2v) is 20.0. The Balaban J connectivity index is 0.834. The molecule has 15 aromatic rings. The highest BCUT2D eigenvalue weighted by Crippen LogP contribution is 2.41. The zero-order valence-corrected chi connectivity index (χ0v) is 42.5. The summed E-state index contributed by atoms with van der Waals surface area (Å²) in [5.74, 6) is 0.670. The maximum atomic E-state index is 11.0. The van der Waals surface area contributed by atoms with Crippen LogP contribution in [0.4, 0.5) is 0 Å². The van der Waals surface area contributed by atoms with Crippen LogP contribution in [0, 0.1) is 22.7 Å². The van der Waals surface area contributed by atoms with Crippen LogP contribution in [0.3, 0.4) is 0 Å². The van der Waals surface area contributed by atoms with Crippen molar-refractivity contribution in [3.8, 4) is 85.4 Å². The third kappa shape index (κ3) is 7.41. The standard InChI is InChI=1S/C72H43N7/c73-44-52-39-56(40-53(45-74)71(52)50-33-29-47(30-34-50)46-27-31-49(32-28-46)64-43-63(48-15-3-1-4-16-48)75-72(76-64)51-17-5-2-6-18-51)79-69-37-35-54(77-65-23-11-7-19-57(65)58-20-8-12-24-66(58)77)41-61(69)62-42-55(36-38-70(62)79)78-67-25-13-9-21-59(67)60-22-10-14-26-68(60)78/h1-43H. The van der Waals surface area contributed by atoms with Crippen LogP contribution in [0.2, 0.25) is 0 Å². The van der Waals surface area contributed by atoms with Crippen LogP contribution >= 0.6 is 0 Å². The molecule has 366 valence electrons. The van der Waals surface area contributed by atoms with Gasteiger partial charge in [0.1, 0.15) is 0 Å². The van der Waals surface area contributed by atoms with Gasteiger partial charge in [0.05, 0.1) is 67.8 Å². The molecule has 0 unspecified atom stereocenters. The quantitative estimate of drug-likeness (QED) is 0.152. The molecule has 0 atom stereocenters. The Kier molecular flexibility index (Phi) is 10.5. The minimum atomic E-state index is 0.416. The molecule has 0 radical (unpaired) electrons.